The molecule has 6 nitrogen and oxygen atoms in total. The molecule has 1 aromatic rings. The first-order valence-electron chi connectivity index (χ1n) is 6.10. The van der Waals surface area contributed by atoms with Gasteiger partial charge >= 0.3 is 5.97 Å². The van der Waals surface area contributed by atoms with Crippen molar-refractivity contribution >= 4 is 11.9 Å². The van der Waals surface area contributed by atoms with Crippen LogP contribution in [0.5, 0.6) is 0 Å². The smallest absolute Gasteiger partial charge is 0.338 e. The summed E-state index contributed by atoms with van der Waals surface area (Å²) in [6.45, 7) is 3.00. The first kappa shape index (κ1) is 13.5. The van der Waals surface area contributed by atoms with Gasteiger partial charge in [0.15, 0.2) is 0 Å². The van der Waals surface area contributed by atoms with Crippen molar-refractivity contribution in [1.29, 1.82) is 0 Å². The number of carbonyl (C=O) groups is 2. The molecule has 2 rings (SSSR count). The Morgan fingerprint density at radius 3 is 2.95 bits per heavy atom. The first-order chi connectivity index (χ1) is 9.02. The van der Waals surface area contributed by atoms with Gasteiger partial charge in [-0.1, -0.05) is 0 Å². The molecule has 1 aliphatic rings. The van der Waals surface area contributed by atoms with Gasteiger partial charge in [-0.2, -0.15) is 0 Å². The summed E-state index contributed by atoms with van der Waals surface area (Å²) in [6.07, 6.45) is 3.07. The lowest BCUT2D eigenvalue weighted by Crippen LogP contribution is -2.52. The molecule has 0 aliphatic carbocycles. The lowest BCUT2D eigenvalue weighted by molar-refractivity contribution is 0.0270. The molecule has 19 heavy (non-hydrogen) atoms. The van der Waals surface area contributed by atoms with Crippen molar-refractivity contribution in [1.82, 2.24) is 10.3 Å². The summed E-state index contributed by atoms with van der Waals surface area (Å²) < 4.78 is 5.35. The Balaban J connectivity index is 2.18. The number of pyridine rings is 1. The zero-order valence-electron chi connectivity index (χ0n) is 10.7. The Kier molecular flexibility index (Phi) is 3.80. The lowest BCUT2D eigenvalue weighted by Gasteiger charge is -2.34. The molecule has 102 valence electrons. The standard InChI is InChI=1S/C13H16N2O4/c1-13(5-3-7-19-8-13)15-11(16)10-9(12(17)18)4-2-6-14-10/h2,4,6H,3,5,7-8H2,1H3,(H,15,16)(H,17,18). The fourth-order valence-electron chi connectivity index (χ4n) is 2.12. The highest BCUT2D eigenvalue weighted by atomic mass is 16.5. The van der Waals surface area contributed by atoms with E-state index in [0.29, 0.717) is 13.2 Å². The highest BCUT2D eigenvalue weighted by Crippen LogP contribution is 2.19. The van der Waals surface area contributed by atoms with Gasteiger partial charge in [-0.15, -0.1) is 0 Å². The number of carboxylic acids is 1. The Labute approximate surface area is 110 Å². The molecule has 1 aromatic heterocycles. The Bertz CT molecular complexity index is 495. The number of rotatable bonds is 3. The van der Waals surface area contributed by atoms with Crippen LogP contribution in [0.3, 0.4) is 0 Å². The molecule has 6 heteroatoms. The van der Waals surface area contributed by atoms with E-state index < -0.39 is 17.4 Å². The Morgan fingerprint density at radius 2 is 2.32 bits per heavy atom. The molecule has 0 bridgehead atoms. The molecule has 1 saturated heterocycles. The summed E-state index contributed by atoms with van der Waals surface area (Å²) in [6, 6.07) is 2.86. The zero-order valence-corrected chi connectivity index (χ0v) is 10.7. The number of hydrogen-bond donors (Lipinski definition) is 2. The van der Waals surface area contributed by atoms with Crippen LogP contribution in [0.1, 0.15) is 40.6 Å². The van der Waals surface area contributed by atoms with E-state index in [0.717, 1.165) is 12.8 Å². The normalized spacial score (nSPS) is 22.8. The molecule has 1 amide bonds. The van der Waals surface area contributed by atoms with Crippen LogP contribution in [0.2, 0.25) is 0 Å². The molecule has 2 N–H and O–H groups in total. The molecule has 1 aliphatic heterocycles. The number of aromatic nitrogens is 1. The van der Waals surface area contributed by atoms with Crippen LogP contribution >= 0.6 is 0 Å². The number of hydrogen-bond acceptors (Lipinski definition) is 4. The topological polar surface area (TPSA) is 88.5 Å². The van der Waals surface area contributed by atoms with Gasteiger partial charge in [-0.05, 0) is 31.9 Å². The fourth-order valence-corrected chi connectivity index (χ4v) is 2.12. The van der Waals surface area contributed by atoms with E-state index in [2.05, 4.69) is 10.3 Å². The predicted octanol–water partition coefficient (Wildman–Crippen LogP) is 1.08. The minimum Gasteiger partial charge on any atom is -0.478 e. The van der Waals surface area contributed by atoms with E-state index >= 15 is 0 Å². The minimum absolute atomic E-state index is 0.0678. The SMILES string of the molecule is CC1(NC(=O)c2ncccc2C(=O)O)CCCOC1. The van der Waals surface area contributed by atoms with Crippen LogP contribution in [0, 0.1) is 0 Å². The van der Waals surface area contributed by atoms with Crippen molar-refractivity contribution in [2.45, 2.75) is 25.3 Å². The number of carboxylic acid groups (broad SMARTS) is 1. The summed E-state index contributed by atoms with van der Waals surface area (Å²) in [5.74, 6) is -1.64. The summed E-state index contributed by atoms with van der Waals surface area (Å²) in [4.78, 5) is 27.1. The van der Waals surface area contributed by atoms with Crippen LogP contribution in [0.4, 0.5) is 0 Å². The number of carbonyl (C=O) groups excluding carboxylic acids is 1. The lowest BCUT2D eigenvalue weighted by atomic mass is 9.94. The highest BCUT2D eigenvalue weighted by Gasteiger charge is 2.31. The van der Waals surface area contributed by atoms with Crippen LogP contribution in [0.25, 0.3) is 0 Å². The van der Waals surface area contributed by atoms with E-state index in [4.69, 9.17) is 9.84 Å². The van der Waals surface area contributed by atoms with Crippen molar-refractivity contribution in [2.75, 3.05) is 13.2 Å². The van der Waals surface area contributed by atoms with Crippen LogP contribution < -0.4 is 5.32 Å². The van der Waals surface area contributed by atoms with Crippen LogP contribution in [-0.2, 0) is 4.74 Å². The van der Waals surface area contributed by atoms with E-state index in [1.807, 2.05) is 6.92 Å². The second kappa shape index (κ2) is 5.36. The molecule has 0 saturated carbocycles. The average Bonchev–Trinajstić information content (AvgIpc) is 2.39. The molecule has 2 heterocycles. The van der Waals surface area contributed by atoms with E-state index in [9.17, 15) is 9.59 Å². The maximum Gasteiger partial charge on any atom is 0.338 e. The van der Waals surface area contributed by atoms with Gasteiger partial charge in [0.25, 0.3) is 5.91 Å². The molecular weight excluding hydrogens is 248 g/mol. The number of aromatic carboxylic acids is 1. The van der Waals surface area contributed by atoms with Gasteiger partial charge in [-0.3, -0.25) is 9.78 Å². The third-order valence-corrected chi connectivity index (χ3v) is 3.11. The predicted molar refractivity (Wildman–Crippen MR) is 67.1 cm³/mol. The number of nitrogens with zero attached hydrogens (tertiary/aromatic N) is 1. The molecule has 1 fully saturated rings. The maximum atomic E-state index is 12.2. The van der Waals surface area contributed by atoms with E-state index in [1.165, 1.54) is 18.3 Å². The van der Waals surface area contributed by atoms with Crippen molar-refractivity contribution in [3.05, 3.63) is 29.6 Å². The molecule has 0 aromatic carbocycles. The van der Waals surface area contributed by atoms with E-state index in [1.54, 1.807) is 0 Å². The van der Waals surface area contributed by atoms with Crippen molar-refractivity contribution in [3.8, 4) is 0 Å². The maximum absolute atomic E-state index is 12.2. The summed E-state index contributed by atoms with van der Waals surface area (Å²) >= 11 is 0. The zero-order chi connectivity index (χ0) is 13.9. The highest BCUT2D eigenvalue weighted by molar-refractivity contribution is 6.03. The Hall–Kier alpha value is -1.95. The van der Waals surface area contributed by atoms with Crippen molar-refractivity contribution in [3.63, 3.8) is 0 Å². The number of ether oxygens (including phenoxy) is 1. The number of amides is 1. The van der Waals surface area contributed by atoms with Gasteiger partial charge in [-0.25, -0.2) is 4.79 Å². The molecule has 0 radical (unpaired) electrons. The quantitative estimate of drug-likeness (QED) is 0.852. The minimum atomic E-state index is -1.16. The largest absolute Gasteiger partial charge is 0.478 e. The Morgan fingerprint density at radius 1 is 1.53 bits per heavy atom. The van der Waals surface area contributed by atoms with Gasteiger partial charge in [0.2, 0.25) is 0 Å². The molecule has 1 unspecified atom stereocenters. The van der Waals surface area contributed by atoms with Gasteiger partial charge in [0, 0.05) is 12.8 Å². The molecular formula is C13H16N2O4. The van der Waals surface area contributed by atoms with Crippen LogP contribution in [0.15, 0.2) is 18.3 Å². The van der Waals surface area contributed by atoms with Crippen LogP contribution in [-0.4, -0.2) is 40.7 Å². The summed E-state index contributed by atoms with van der Waals surface area (Å²) in [5.41, 5.74) is -0.634. The van der Waals surface area contributed by atoms with E-state index in [-0.39, 0.29) is 11.3 Å². The fraction of sp³-hybridized carbons (Fsp3) is 0.462. The van der Waals surface area contributed by atoms with Gasteiger partial charge in [0.1, 0.15) is 5.69 Å². The van der Waals surface area contributed by atoms with Crippen molar-refractivity contribution in [2.24, 2.45) is 0 Å². The third kappa shape index (κ3) is 3.08. The number of nitrogens with one attached hydrogen (secondary N) is 1. The molecule has 1 atom stereocenters. The first-order valence-corrected chi connectivity index (χ1v) is 6.10. The van der Waals surface area contributed by atoms with Gasteiger partial charge in [0.05, 0.1) is 17.7 Å². The van der Waals surface area contributed by atoms with Gasteiger partial charge < -0.3 is 15.2 Å². The molecule has 0 spiro atoms. The van der Waals surface area contributed by atoms with Crippen molar-refractivity contribution < 1.29 is 19.4 Å². The summed E-state index contributed by atoms with van der Waals surface area (Å²) in [5, 5.41) is 11.9. The average molecular weight is 264 g/mol. The third-order valence-electron chi connectivity index (χ3n) is 3.11. The summed E-state index contributed by atoms with van der Waals surface area (Å²) in [7, 11) is 0. The second-order valence-corrected chi connectivity index (χ2v) is 4.88. The monoisotopic (exact) mass is 264 g/mol. The second-order valence-electron chi connectivity index (χ2n) is 4.88.